The summed E-state index contributed by atoms with van der Waals surface area (Å²) in [6.45, 7) is 1.39. The summed E-state index contributed by atoms with van der Waals surface area (Å²) >= 11 is 5.90. The minimum atomic E-state index is -1.12. The minimum Gasteiger partial charge on any atom is -0.477 e. The molecule has 1 aromatic carbocycles. The average molecular weight is 254 g/mol. The van der Waals surface area contributed by atoms with Crippen LogP contribution in [0.5, 0.6) is 0 Å². The Labute approximate surface area is 104 Å². The van der Waals surface area contributed by atoms with Crippen molar-refractivity contribution in [2.24, 2.45) is 5.16 Å². The topological polar surface area (TPSA) is 58.9 Å². The largest absolute Gasteiger partial charge is 0.477 e. The lowest BCUT2D eigenvalue weighted by molar-refractivity contribution is -0.129. The van der Waals surface area contributed by atoms with Crippen molar-refractivity contribution in [3.8, 4) is 0 Å². The van der Waals surface area contributed by atoms with Crippen molar-refractivity contribution in [1.29, 1.82) is 0 Å². The Kier molecular flexibility index (Phi) is 5.23. The molecule has 0 fully saturated rings. The van der Waals surface area contributed by atoms with Crippen molar-refractivity contribution in [1.82, 2.24) is 0 Å². The maximum Gasteiger partial charge on any atom is 0.353 e. The molecule has 0 aliphatic rings. The smallest absolute Gasteiger partial charge is 0.353 e. The Balaban J connectivity index is 2.51. The van der Waals surface area contributed by atoms with Gasteiger partial charge in [-0.2, -0.15) is 0 Å². The summed E-state index contributed by atoms with van der Waals surface area (Å²) in [5, 5.41) is 12.4. The van der Waals surface area contributed by atoms with Crippen molar-refractivity contribution >= 4 is 29.4 Å². The fraction of sp³-hybridized carbons (Fsp3) is 0.167. The molecule has 0 unspecified atom stereocenters. The number of aliphatic carboxylic acids is 1. The van der Waals surface area contributed by atoms with Gasteiger partial charge in [-0.25, -0.2) is 4.79 Å². The summed E-state index contributed by atoms with van der Waals surface area (Å²) in [6, 6.07) is 9.48. The van der Waals surface area contributed by atoms with Crippen LogP contribution in [0, 0.1) is 0 Å². The second-order valence-electron chi connectivity index (χ2n) is 3.26. The molecule has 17 heavy (non-hydrogen) atoms. The molecule has 1 N–H and O–H groups in total. The molecule has 0 saturated carbocycles. The third-order valence-electron chi connectivity index (χ3n) is 1.84. The highest BCUT2D eigenvalue weighted by Gasteiger charge is 2.01. The molecule has 0 aliphatic heterocycles. The van der Waals surface area contributed by atoms with Crippen LogP contribution in [0.1, 0.15) is 12.5 Å². The van der Waals surface area contributed by atoms with Gasteiger partial charge in [-0.3, -0.25) is 0 Å². The Morgan fingerprint density at radius 3 is 2.71 bits per heavy atom. The van der Waals surface area contributed by atoms with Crippen molar-refractivity contribution in [2.45, 2.75) is 6.92 Å². The number of carboxylic acids is 1. The van der Waals surface area contributed by atoms with E-state index in [4.69, 9.17) is 21.5 Å². The molecule has 0 spiro atoms. The normalized spacial score (nSPS) is 12.4. The quantitative estimate of drug-likeness (QED) is 0.648. The summed E-state index contributed by atoms with van der Waals surface area (Å²) < 4.78 is 0. The zero-order valence-corrected chi connectivity index (χ0v) is 10.0. The van der Waals surface area contributed by atoms with Crippen LogP contribution in [0.2, 0.25) is 0 Å². The van der Waals surface area contributed by atoms with Gasteiger partial charge in [0.15, 0.2) is 12.3 Å². The predicted molar refractivity (Wildman–Crippen MR) is 67.0 cm³/mol. The van der Waals surface area contributed by atoms with Crippen molar-refractivity contribution in [3.63, 3.8) is 0 Å². The van der Waals surface area contributed by atoms with Crippen LogP contribution in [0.25, 0.3) is 6.08 Å². The summed E-state index contributed by atoms with van der Waals surface area (Å²) in [7, 11) is 0. The molecule has 0 aliphatic carbocycles. The fourth-order valence-electron chi connectivity index (χ4n) is 1.00. The van der Waals surface area contributed by atoms with Crippen molar-refractivity contribution in [3.05, 3.63) is 40.9 Å². The first-order valence-corrected chi connectivity index (χ1v) is 5.28. The number of hydrogen-bond donors (Lipinski definition) is 1. The molecule has 0 atom stereocenters. The molecule has 1 rings (SSSR count). The first-order chi connectivity index (χ1) is 8.09. The first kappa shape index (κ1) is 13.3. The second kappa shape index (κ2) is 6.70. The molecular formula is C12H12ClNO3. The molecule has 5 heteroatoms. The summed E-state index contributed by atoms with van der Waals surface area (Å²) in [4.78, 5) is 15.2. The van der Waals surface area contributed by atoms with Crippen LogP contribution in [0.3, 0.4) is 0 Å². The van der Waals surface area contributed by atoms with Gasteiger partial charge in [0.05, 0.1) is 5.03 Å². The van der Waals surface area contributed by atoms with Gasteiger partial charge in [-0.05, 0) is 18.6 Å². The van der Waals surface area contributed by atoms with E-state index in [-0.39, 0.29) is 12.3 Å². The molecular weight excluding hydrogens is 242 g/mol. The Hall–Kier alpha value is -1.81. The number of halogens is 1. The maximum atomic E-state index is 10.4. The van der Waals surface area contributed by atoms with E-state index < -0.39 is 5.97 Å². The molecule has 0 heterocycles. The number of benzene rings is 1. The molecule has 0 saturated heterocycles. The van der Waals surface area contributed by atoms with Crippen LogP contribution in [0.15, 0.2) is 40.5 Å². The van der Waals surface area contributed by atoms with E-state index in [0.29, 0.717) is 5.03 Å². The van der Waals surface area contributed by atoms with Gasteiger partial charge in [0.2, 0.25) is 0 Å². The van der Waals surface area contributed by atoms with Gasteiger partial charge in [0.1, 0.15) is 0 Å². The number of carbonyl (C=O) groups is 1. The molecule has 0 bridgehead atoms. The number of carboxylic acid groups (broad SMARTS) is 1. The second-order valence-corrected chi connectivity index (χ2v) is 3.74. The van der Waals surface area contributed by atoms with Crippen molar-refractivity contribution < 1.29 is 14.7 Å². The number of nitrogens with zero attached hydrogens (tertiary/aromatic N) is 1. The number of hydrogen-bond acceptors (Lipinski definition) is 3. The third-order valence-corrected chi connectivity index (χ3v) is 2.05. The first-order valence-electron chi connectivity index (χ1n) is 4.90. The van der Waals surface area contributed by atoms with E-state index in [9.17, 15) is 4.79 Å². The fourth-order valence-corrected chi connectivity index (χ4v) is 1.18. The number of oxime groups is 1. The summed E-state index contributed by atoms with van der Waals surface area (Å²) in [6.07, 6.45) is 1.73. The van der Waals surface area contributed by atoms with E-state index in [1.165, 1.54) is 6.92 Å². The number of rotatable bonds is 5. The molecule has 4 nitrogen and oxygen atoms in total. The van der Waals surface area contributed by atoms with Crippen LogP contribution < -0.4 is 0 Å². The molecule has 1 aromatic rings. The van der Waals surface area contributed by atoms with Crippen molar-refractivity contribution in [2.75, 3.05) is 6.61 Å². The van der Waals surface area contributed by atoms with Gasteiger partial charge in [0.25, 0.3) is 0 Å². The monoisotopic (exact) mass is 253 g/mol. The third kappa shape index (κ3) is 5.17. The van der Waals surface area contributed by atoms with Gasteiger partial charge in [-0.1, -0.05) is 47.1 Å². The van der Waals surface area contributed by atoms with Crippen LogP contribution in [0.4, 0.5) is 0 Å². The van der Waals surface area contributed by atoms with Crippen LogP contribution in [-0.2, 0) is 9.63 Å². The maximum absolute atomic E-state index is 10.4. The molecule has 0 amide bonds. The predicted octanol–water partition coefficient (Wildman–Crippen LogP) is 2.74. The van der Waals surface area contributed by atoms with E-state index in [0.717, 1.165) is 5.56 Å². The van der Waals surface area contributed by atoms with E-state index >= 15 is 0 Å². The van der Waals surface area contributed by atoms with Gasteiger partial charge >= 0.3 is 5.97 Å². The van der Waals surface area contributed by atoms with Crippen LogP contribution >= 0.6 is 11.6 Å². The Morgan fingerprint density at radius 1 is 1.47 bits per heavy atom. The standard InChI is InChI=1S/C12H12ClNO3/c1-9(12(15)16)14-17-8-11(13)7-10-5-3-2-4-6-10/h2-7H,8H2,1H3,(H,15,16). The minimum absolute atomic E-state index is 0.0427. The highest BCUT2D eigenvalue weighted by Crippen LogP contribution is 2.10. The van der Waals surface area contributed by atoms with Gasteiger partial charge < -0.3 is 9.94 Å². The SMILES string of the molecule is CC(=NOCC(Cl)=Cc1ccccc1)C(=O)O. The van der Waals surface area contributed by atoms with Gasteiger partial charge in [-0.15, -0.1) is 0 Å². The van der Waals surface area contributed by atoms with E-state index in [1.807, 2.05) is 30.3 Å². The lowest BCUT2D eigenvalue weighted by Gasteiger charge is -1.99. The zero-order chi connectivity index (χ0) is 12.7. The Bertz CT molecular complexity index is 440. The highest BCUT2D eigenvalue weighted by atomic mass is 35.5. The van der Waals surface area contributed by atoms with E-state index in [2.05, 4.69) is 5.16 Å². The lowest BCUT2D eigenvalue weighted by Crippen LogP contribution is -2.08. The van der Waals surface area contributed by atoms with Gasteiger partial charge in [0, 0.05) is 0 Å². The summed E-state index contributed by atoms with van der Waals surface area (Å²) in [5.74, 6) is -1.12. The molecule has 0 radical (unpaired) electrons. The van der Waals surface area contributed by atoms with E-state index in [1.54, 1.807) is 6.08 Å². The zero-order valence-electron chi connectivity index (χ0n) is 9.26. The molecule has 0 aromatic heterocycles. The molecule has 90 valence electrons. The highest BCUT2D eigenvalue weighted by molar-refractivity contribution is 6.34. The lowest BCUT2D eigenvalue weighted by atomic mass is 10.2. The summed E-state index contributed by atoms with van der Waals surface area (Å²) in [5.41, 5.74) is 0.828. The van der Waals surface area contributed by atoms with Crippen LogP contribution in [-0.4, -0.2) is 23.4 Å². The Morgan fingerprint density at radius 2 is 2.12 bits per heavy atom. The average Bonchev–Trinajstić information content (AvgIpc) is 2.30.